The minimum absolute atomic E-state index is 0.0121. The molecule has 0 bridgehead atoms. The summed E-state index contributed by atoms with van der Waals surface area (Å²) in [5, 5.41) is 11.5. The summed E-state index contributed by atoms with van der Waals surface area (Å²) >= 11 is 0.921. The number of anilines is 1. The van der Waals surface area contributed by atoms with E-state index in [4.69, 9.17) is 14.2 Å². The van der Waals surface area contributed by atoms with Crippen LogP contribution >= 0.6 is 11.3 Å². The Morgan fingerprint density at radius 1 is 1.18 bits per heavy atom. The predicted octanol–water partition coefficient (Wildman–Crippen LogP) is 5.22. The molecule has 1 unspecified atom stereocenters. The lowest BCUT2D eigenvalue weighted by molar-refractivity contribution is -0.132. The number of hydrogen-bond acceptors (Lipinski definition) is 9. The number of thiazole rings is 1. The number of amides is 1. The Morgan fingerprint density at radius 3 is 2.51 bits per heavy atom. The van der Waals surface area contributed by atoms with E-state index < -0.39 is 23.7 Å². The number of methoxy groups -OCH3 is 1. The first-order valence-corrected chi connectivity index (χ1v) is 13.0. The van der Waals surface area contributed by atoms with Crippen LogP contribution in [0.25, 0.3) is 5.76 Å². The number of aliphatic hydroxyl groups excluding tert-OH is 1. The SMILES string of the molecule is C=CCOC(=O)c1sc(N2C(=O)C(=O)/C(=C(/O)c3ccc(OC(C)C)cc3)C2c2ccccc2OC)nc1C. The molecular weight excluding hydrogens is 520 g/mol. The number of rotatable bonds is 9. The fourth-order valence-corrected chi connectivity index (χ4v) is 5.20. The average Bonchev–Trinajstić information content (AvgIpc) is 3.43. The Bertz CT molecular complexity index is 1460. The van der Waals surface area contributed by atoms with E-state index in [1.807, 2.05) is 13.8 Å². The van der Waals surface area contributed by atoms with Gasteiger partial charge in [0.25, 0.3) is 5.78 Å². The van der Waals surface area contributed by atoms with Crippen LogP contribution in [0.5, 0.6) is 11.5 Å². The molecule has 1 fully saturated rings. The third-order valence-corrected chi connectivity index (χ3v) is 7.02. The molecule has 1 aliphatic rings. The van der Waals surface area contributed by atoms with Gasteiger partial charge in [-0.25, -0.2) is 9.78 Å². The van der Waals surface area contributed by atoms with Crippen LogP contribution in [0.4, 0.5) is 5.13 Å². The van der Waals surface area contributed by atoms with Gasteiger partial charge in [0.15, 0.2) is 5.13 Å². The Labute approximate surface area is 230 Å². The van der Waals surface area contributed by atoms with E-state index in [2.05, 4.69) is 11.6 Å². The number of aryl methyl sites for hydroxylation is 1. The Kier molecular flexibility index (Phi) is 8.15. The van der Waals surface area contributed by atoms with Gasteiger partial charge in [-0.15, -0.1) is 0 Å². The lowest BCUT2D eigenvalue weighted by Gasteiger charge is -2.24. The van der Waals surface area contributed by atoms with Gasteiger partial charge in [-0.3, -0.25) is 14.5 Å². The summed E-state index contributed by atoms with van der Waals surface area (Å²) < 4.78 is 16.4. The number of ketones is 1. The normalized spacial score (nSPS) is 16.4. The highest BCUT2D eigenvalue weighted by molar-refractivity contribution is 7.17. The molecule has 39 heavy (non-hydrogen) atoms. The third kappa shape index (κ3) is 5.42. The lowest BCUT2D eigenvalue weighted by atomic mass is 9.94. The number of esters is 1. The number of hydrogen-bond donors (Lipinski definition) is 1. The van der Waals surface area contributed by atoms with E-state index in [0.717, 1.165) is 11.3 Å². The van der Waals surface area contributed by atoms with Gasteiger partial charge in [0, 0.05) is 11.1 Å². The highest BCUT2D eigenvalue weighted by Gasteiger charge is 2.49. The predicted molar refractivity (Wildman–Crippen MR) is 147 cm³/mol. The second-order valence-corrected chi connectivity index (χ2v) is 9.88. The highest BCUT2D eigenvalue weighted by Crippen LogP contribution is 2.46. The lowest BCUT2D eigenvalue weighted by Crippen LogP contribution is -2.29. The zero-order valence-electron chi connectivity index (χ0n) is 22.0. The molecule has 0 saturated carbocycles. The van der Waals surface area contributed by atoms with E-state index in [1.54, 1.807) is 55.5 Å². The molecule has 0 spiro atoms. The number of aliphatic hydroxyl groups is 1. The molecule has 9 nitrogen and oxygen atoms in total. The molecule has 0 radical (unpaired) electrons. The summed E-state index contributed by atoms with van der Waals surface area (Å²) in [4.78, 5) is 45.3. The fraction of sp³-hybridized carbons (Fsp3) is 0.241. The van der Waals surface area contributed by atoms with E-state index in [9.17, 15) is 19.5 Å². The van der Waals surface area contributed by atoms with Crippen LogP contribution in [-0.2, 0) is 14.3 Å². The number of Topliss-reactive ketones (excluding diaryl/α,β-unsaturated/α-hetero) is 1. The van der Waals surface area contributed by atoms with Crippen molar-refractivity contribution in [2.45, 2.75) is 32.9 Å². The van der Waals surface area contributed by atoms with Gasteiger partial charge >= 0.3 is 11.9 Å². The van der Waals surface area contributed by atoms with Gasteiger partial charge in [0.1, 0.15) is 34.8 Å². The fourth-order valence-electron chi connectivity index (χ4n) is 4.21. The molecule has 3 aromatic rings. The maximum absolute atomic E-state index is 13.5. The van der Waals surface area contributed by atoms with Crippen LogP contribution in [0.1, 0.15) is 46.4 Å². The number of benzene rings is 2. The van der Waals surface area contributed by atoms with E-state index in [1.165, 1.54) is 18.1 Å². The Hall–Kier alpha value is -4.44. The summed E-state index contributed by atoms with van der Waals surface area (Å²) in [6.07, 6.45) is 1.40. The van der Waals surface area contributed by atoms with Crippen molar-refractivity contribution in [2.75, 3.05) is 18.6 Å². The molecule has 4 rings (SSSR count). The molecule has 1 amide bonds. The molecule has 1 aliphatic heterocycles. The summed E-state index contributed by atoms with van der Waals surface area (Å²) in [6.45, 7) is 8.95. The molecule has 2 aromatic carbocycles. The summed E-state index contributed by atoms with van der Waals surface area (Å²) in [7, 11) is 1.47. The van der Waals surface area contributed by atoms with Crippen molar-refractivity contribution in [3.05, 3.63) is 88.5 Å². The highest BCUT2D eigenvalue weighted by atomic mass is 32.1. The van der Waals surface area contributed by atoms with Crippen LogP contribution in [0.15, 0.2) is 66.8 Å². The summed E-state index contributed by atoms with van der Waals surface area (Å²) in [5.74, 6) is -1.77. The van der Waals surface area contributed by atoms with Crippen LogP contribution in [-0.4, -0.2) is 47.6 Å². The van der Waals surface area contributed by atoms with Gasteiger partial charge in [0.05, 0.1) is 24.5 Å². The summed E-state index contributed by atoms with van der Waals surface area (Å²) in [5.41, 5.74) is 0.994. The standard InChI is InChI=1S/C29H28N2O7S/c1-6-15-37-28(35)26-17(4)30-29(39-26)31-23(20-9-7-8-10-21(20)36-5)22(25(33)27(31)34)24(32)18-11-13-19(14-12-18)38-16(2)3/h6-14,16,23,32H,1,15H2,2-5H3/b24-22+. The molecular formula is C29H28N2O7S. The Morgan fingerprint density at radius 2 is 1.87 bits per heavy atom. The zero-order valence-corrected chi connectivity index (χ0v) is 22.8. The monoisotopic (exact) mass is 548 g/mol. The quantitative estimate of drug-likeness (QED) is 0.127. The maximum Gasteiger partial charge on any atom is 0.350 e. The van der Waals surface area contributed by atoms with E-state index in [-0.39, 0.29) is 34.1 Å². The number of carbonyl (C=O) groups is 3. The number of para-hydroxylation sites is 1. The first kappa shape index (κ1) is 27.6. The van der Waals surface area contributed by atoms with Crippen LogP contribution < -0.4 is 14.4 Å². The molecule has 1 N–H and O–H groups in total. The molecule has 10 heteroatoms. The first-order valence-electron chi connectivity index (χ1n) is 12.1. The topological polar surface area (TPSA) is 115 Å². The zero-order chi connectivity index (χ0) is 28.3. The van der Waals surface area contributed by atoms with Crippen molar-refractivity contribution in [3.63, 3.8) is 0 Å². The number of nitrogens with zero attached hydrogens (tertiary/aromatic N) is 2. The molecule has 0 aliphatic carbocycles. The van der Waals surface area contributed by atoms with Gasteiger partial charge in [-0.1, -0.05) is 42.2 Å². The molecule has 202 valence electrons. The summed E-state index contributed by atoms with van der Waals surface area (Å²) in [6, 6.07) is 12.4. The smallest absolute Gasteiger partial charge is 0.350 e. The minimum atomic E-state index is -1.07. The van der Waals surface area contributed by atoms with Crippen LogP contribution in [0.2, 0.25) is 0 Å². The number of aromatic nitrogens is 1. The second kappa shape index (κ2) is 11.5. The molecule has 2 heterocycles. The molecule has 1 saturated heterocycles. The number of carbonyl (C=O) groups excluding carboxylic acids is 3. The molecule has 1 aromatic heterocycles. The minimum Gasteiger partial charge on any atom is -0.507 e. The van der Waals surface area contributed by atoms with Crippen molar-refractivity contribution >= 4 is 39.9 Å². The van der Waals surface area contributed by atoms with Crippen molar-refractivity contribution in [3.8, 4) is 11.5 Å². The van der Waals surface area contributed by atoms with Gasteiger partial charge in [-0.2, -0.15) is 0 Å². The maximum atomic E-state index is 13.5. The van der Waals surface area contributed by atoms with E-state index >= 15 is 0 Å². The van der Waals surface area contributed by atoms with Crippen molar-refractivity contribution in [1.29, 1.82) is 0 Å². The molecule has 1 atom stereocenters. The largest absolute Gasteiger partial charge is 0.507 e. The van der Waals surface area contributed by atoms with E-state index in [0.29, 0.717) is 28.3 Å². The van der Waals surface area contributed by atoms with Gasteiger partial charge in [-0.05, 0) is 51.1 Å². The first-order chi connectivity index (χ1) is 18.7. The van der Waals surface area contributed by atoms with Crippen molar-refractivity contribution < 1.29 is 33.7 Å². The van der Waals surface area contributed by atoms with Crippen molar-refractivity contribution in [1.82, 2.24) is 4.98 Å². The second-order valence-electron chi connectivity index (χ2n) is 8.90. The van der Waals surface area contributed by atoms with Crippen LogP contribution in [0.3, 0.4) is 0 Å². The Balaban J connectivity index is 1.87. The van der Waals surface area contributed by atoms with Crippen LogP contribution in [0, 0.1) is 6.92 Å². The average molecular weight is 549 g/mol. The number of ether oxygens (including phenoxy) is 3. The van der Waals surface area contributed by atoms with Crippen molar-refractivity contribution in [2.24, 2.45) is 0 Å². The third-order valence-electron chi connectivity index (χ3n) is 5.89. The van der Waals surface area contributed by atoms with Gasteiger partial charge in [0.2, 0.25) is 0 Å². The van der Waals surface area contributed by atoms with Gasteiger partial charge < -0.3 is 19.3 Å².